The lowest BCUT2D eigenvalue weighted by atomic mass is 10.1. The number of non-ortho nitro benzene ring substituents is 1. The summed E-state index contributed by atoms with van der Waals surface area (Å²) in [6.45, 7) is 0. The minimum Gasteiger partial charge on any atom is -0.478 e. The summed E-state index contributed by atoms with van der Waals surface area (Å²) in [6, 6.07) is 11.8. The number of nitro groups is 1. The summed E-state index contributed by atoms with van der Waals surface area (Å²) in [7, 11) is 0. The zero-order chi connectivity index (χ0) is 15.4. The molecule has 0 fully saturated rings. The predicted octanol–water partition coefficient (Wildman–Crippen LogP) is 2.91. The maximum absolute atomic E-state index is 11.2. The number of carbonyl (C=O) groups is 1. The first-order valence-electron chi connectivity index (χ1n) is 5.81. The van der Waals surface area contributed by atoms with Crippen LogP contribution in [0.25, 0.3) is 0 Å². The molecule has 7 heteroatoms. The average Bonchev–Trinajstić information content (AvgIpc) is 2.47. The van der Waals surface area contributed by atoms with Crippen LogP contribution in [0.15, 0.2) is 42.5 Å². The Morgan fingerprint density at radius 1 is 1.24 bits per heavy atom. The SMILES string of the molecule is N#Cc1ccccc1Nc1cc([N+](=O)[O-])ccc1C(=O)O. The summed E-state index contributed by atoms with van der Waals surface area (Å²) in [4.78, 5) is 21.3. The van der Waals surface area contributed by atoms with Crippen LogP contribution in [0.1, 0.15) is 15.9 Å². The van der Waals surface area contributed by atoms with Gasteiger partial charge in [-0.1, -0.05) is 12.1 Å². The molecular weight excluding hydrogens is 274 g/mol. The second-order valence-electron chi connectivity index (χ2n) is 4.07. The molecule has 21 heavy (non-hydrogen) atoms. The lowest BCUT2D eigenvalue weighted by Gasteiger charge is -2.10. The summed E-state index contributed by atoms with van der Waals surface area (Å²) in [5.41, 5.74) is 0.382. The molecule has 0 saturated carbocycles. The van der Waals surface area contributed by atoms with Crippen molar-refractivity contribution in [2.45, 2.75) is 0 Å². The van der Waals surface area contributed by atoms with Gasteiger partial charge in [0.2, 0.25) is 0 Å². The summed E-state index contributed by atoms with van der Waals surface area (Å²) in [5.74, 6) is -1.22. The molecule has 0 saturated heterocycles. The van der Waals surface area contributed by atoms with Gasteiger partial charge in [0.25, 0.3) is 5.69 Å². The van der Waals surface area contributed by atoms with E-state index in [0.29, 0.717) is 11.3 Å². The molecule has 104 valence electrons. The summed E-state index contributed by atoms with van der Waals surface area (Å²) in [5, 5.41) is 31.7. The molecule has 0 aromatic heterocycles. The topological polar surface area (TPSA) is 116 Å². The second kappa shape index (κ2) is 5.71. The van der Waals surface area contributed by atoms with Crippen LogP contribution < -0.4 is 5.32 Å². The third-order valence-electron chi connectivity index (χ3n) is 2.76. The summed E-state index contributed by atoms with van der Waals surface area (Å²) < 4.78 is 0. The molecular formula is C14H9N3O4. The minimum absolute atomic E-state index is 0.0550. The van der Waals surface area contributed by atoms with Gasteiger partial charge in [-0.15, -0.1) is 0 Å². The molecule has 2 rings (SSSR count). The van der Waals surface area contributed by atoms with Crippen LogP contribution in [0.4, 0.5) is 17.1 Å². The van der Waals surface area contributed by atoms with E-state index in [0.717, 1.165) is 18.2 Å². The molecule has 2 aromatic carbocycles. The van der Waals surface area contributed by atoms with Gasteiger partial charge in [-0.2, -0.15) is 5.26 Å². The lowest BCUT2D eigenvalue weighted by molar-refractivity contribution is -0.384. The van der Waals surface area contributed by atoms with Gasteiger partial charge in [-0.25, -0.2) is 4.79 Å². The Balaban J connectivity index is 2.51. The van der Waals surface area contributed by atoms with E-state index in [4.69, 9.17) is 10.4 Å². The average molecular weight is 283 g/mol. The predicted molar refractivity (Wildman–Crippen MR) is 74.5 cm³/mol. The Kier molecular flexibility index (Phi) is 3.81. The minimum atomic E-state index is -1.22. The van der Waals surface area contributed by atoms with Gasteiger partial charge in [-0.05, 0) is 18.2 Å². The quantitative estimate of drug-likeness (QED) is 0.658. The number of carboxylic acids is 1. The molecule has 0 radical (unpaired) electrons. The van der Waals surface area contributed by atoms with Crippen LogP contribution in [-0.2, 0) is 0 Å². The van der Waals surface area contributed by atoms with E-state index in [-0.39, 0.29) is 16.9 Å². The summed E-state index contributed by atoms with van der Waals surface area (Å²) >= 11 is 0. The van der Waals surface area contributed by atoms with Crippen LogP contribution in [-0.4, -0.2) is 16.0 Å². The Morgan fingerprint density at radius 3 is 2.57 bits per heavy atom. The molecule has 0 bridgehead atoms. The highest BCUT2D eigenvalue weighted by Crippen LogP contribution is 2.27. The number of nitrogens with zero attached hydrogens (tertiary/aromatic N) is 2. The second-order valence-corrected chi connectivity index (χ2v) is 4.07. The van der Waals surface area contributed by atoms with E-state index in [1.165, 1.54) is 0 Å². The van der Waals surface area contributed by atoms with Crippen molar-refractivity contribution in [1.82, 2.24) is 0 Å². The maximum atomic E-state index is 11.2. The van der Waals surface area contributed by atoms with Crippen LogP contribution in [0.5, 0.6) is 0 Å². The van der Waals surface area contributed by atoms with Crippen LogP contribution >= 0.6 is 0 Å². The van der Waals surface area contributed by atoms with Gasteiger partial charge in [0.15, 0.2) is 0 Å². The van der Waals surface area contributed by atoms with Crippen molar-refractivity contribution in [1.29, 1.82) is 5.26 Å². The number of anilines is 2. The van der Waals surface area contributed by atoms with E-state index in [2.05, 4.69) is 5.32 Å². The first kappa shape index (κ1) is 14.0. The summed E-state index contributed by atoms with van der Waals surface area (Å²) in [6.07, 6.45) is 0. The van der Waals surface area contributed by atoms with Crippen molar-refractivity contribution < 1.29 is 14.8 Å². The first-order chi connectivity index (χ1) is 10.0. The third kappa shape index (κ3) is 2.96. The number of hydrogen-bond acceptors (Lipinski definition) is 5. The van der Waals surface area contributed by atoms with Crippen molar-refractivity contribution in [2.75, 3.05) is 5.32 Å². The Hall–Kier alpha value is -3.40. The highest BCUT2D eigenvalue weighted by Gasteiger charge is 2.16. The van der Waals surface area contributed by atoms with E-state index in [9.17, 15) is 14.9 Å². The highest BCUT2D eigenvalue weighted by molar-refractivity contribution is 5.96. The standard InChI is InChI=1S/C14H9N3O4/c15-8-9-3-1-2-4-12(9)16-13-7-10(17(20)21)5-6-11(13)14(18)19/h1-7,16H,(H,18,19). The van der Waals surface area contributed by atoms with Gasteiger partial charge >= 0.3 is 5.97 Å². The Morgan fingerprint density at radius 2 is 1.95 bits per heavy atom. The molecule has 0 unspecified atom stereocenters. The van der Waals surface area contributed by atoms with E-state index in [1.54, 1.807) is 24.3 Å². The molecule has 2 aromatic rings. The van der Waals surface area contributed by atoms with E-state index < -0.39 is 10.9 Å². The fourth-order valence-corrected chi connectivity index (χ4v) is 1.77. The zero-order valence-corrected chi connectivity index (χ0v) is 10.6. The van der Waals surface area contributed by atoms with Crippen LogP contribution in [0.3, 0.4) is 0 Å². The van der Waals surface area contributed by atoms with Crippen LogP contribution in [0.2, 0.25) is 0 Å². The smallest absolute Gasteiger partial charge is 0.337 e. The van der Waals surface area contributed by atoms with Gasteiger partial charge in [0.05, 0.1) is 27.4 Å². The molecule has 0 aliphatic rings. The largest absolute Gasteiger partial charge is 0.478 e. The Bertz CT molecular complexity index is 765. The zero-order valence-electron chi connectivity index (χ0n) is 10.6. The number of hydrogen-bond donors (Lipinski definition) is 2. The molecule has 0 aliphatic heterocycles. The molecule has 7 nitrogen and oxygen atoms in total. The van der Waals surface area contributed by atoms with Gasteiger partial charge in [0.1, 0.15) is 6.07 Å². The number of aromatic carboxylic acids is 1. The fourth-order valence-electron chi connectivity index (χ4n) is 1.77. The normalized spacial score (nSPS) is 9.67. The maximum Gasteiger partial charge on any atom is 0.337 e. The van der Waals surface area contributed by atoms with E-state index >= 15 is 0 Å². The van der Waals surface area contributed by atoms with Crippen molar-refractivity contribution >= 4 is 23.0 Å². The van der Waals surface area contributed by atoms with Crippen molar-refractivity contribution in [2.24, 2.45) is 0 Å². The van der Waals surface area contributed by atoms with Crippen LogP contribution in [0, 0.1) is 21.4 Å². The number of carboxylic acid groups (broad SMARTS) is 1. The molecule has 2 N–H and O–H groups in total. The number of nitro benzene ring substituents is 1. The number of rotatable bonds is 4. The fraction of sp³-hybridized carbons (Fsp3) is 0. The lowest BCUT2D eigenvalue weighted by Crippen LogP contribution is -2.04. The van der Waals surface area contributed by atoms with Crippen molar-refractivity contribution in [3.8, 4) is 6.07 Å². The first-order valence-corrected chi connectivity index (χ1v) is 5.81. The van der Waals surface area contributed by atoms with Gasteiger partial charge < -0.3 is 10.4 Å². The monoisotopic (exact) mass is 283 g/mol. The molecule has 0 spiro atoms. The number of para-hydroxylation sites is 1. The molecule has 0 atom stereocenters. The number of nitrogens with one attached hydrogen (secondary N) is 1. The molecule has 0 aliphatic carbocycles. The Labute approximate surface area is 119 Å². The molecule has 0 heterocycles. The highest BCUT2D eigenvalue weighted by atomic mass is 16.6. The third-order valence-corrected chi connectivity index (χ3v) is 2.76. The number of nitriles is 1. The van der Waals surface area contributed by atoms with E-state index in [1.807, 2.05) is 6.07 Å². The number of benzene rings is 2. The van der Waals surface area contributed by atoms with Gasteiger partial charge in [0, 0.05) is 12.1 Å². The molecule has 0 amide bonds. The van der Waals surface area contributed by atoms with Crippen molar-refractivity contribution in [3.63, 3.8) is 0 Å². The van der Waals surface area contributed by atoms with Gasteiger partial charge in [-0.3, -0.25) is 10.1 Å². The van der Waals surface area contributed by atoms with Crippen molar-refractivity contribution in [3.05, 3.63) is 63.7 Å².